The second-order valence-electron chi connectivity index (χ2n) is 7.94. The monoisotopic (exact) mass is 456 g/mol. The minimum absolute atomic E-state index is 0. The predicted octanol–water partition coefficient (Wildman–Crippen LogP) is 6.34. The zero-order valence-corrected chi connectivity index (χ0v) is 22.8. The molecule has 0 amide bonds. The first-order chi connectivity index (χ1) is 10.00. The van der Waals surface area contributed by atoms with E-state index in [0.29, 0.717) is 22.7 Å². The first-order valence-electron chi connectivity index (χ1n) is 7.98. The van der Waals surface area contributed by atoms with Crippen LogP contribution in [0.5, 0.6) is 0 Å². The van der Waals surface area contributed by atoms with Gasteiger partial charge in [0.05, 0.1) is 0 Å². The molecular weight excluding hydrogens is 419 g/mol. The van der Waals surface area contributed by atoms with Gasteiger partial charge in [0.25, 0.3) is 0 Å². The van der Waals surface area contributed by atoms with Crippen molar-refractivity contribution in [2.24, 2.45) is 22.7 Å². The van der Waals surface area contributed by atoms with E-state index < -0.39 is 0 Å². The third-order valence-electron chi connectivity index (χ3n) is 3.59. The summed E-state index contributed by atoms with van der Waals surface area (Å²) in [6.07, 6.45) is 15.3. The molecule has 25 heavy (non-hydrogen) atoms. The van der Waals surface area contributed by atoms with Gasteiger partial charge in [-0.05, 0) is 0 Å². The summed E-state index contributed by atoms with van der Waals surface area (Å²) in [6.45, 7) is 19.7. The van der Waals surface area contributed by atoms with E-state index in [0.717, 1.165) is 0 Å². The van der Waals surface area contributed by atoms with E-state index in [1.165, 1.54) is 11.1 Å². The Hall–Kier alpha value is 0.350. The van der Waals surface area contributed by atoms with Gasteiger partial charge in [0.15, 0.2) is 0 Å². The SMILES string of the molecule is CC1[C-]=CC(C(C)(C)C)=C1.CC1[C-]=CC(C(C)(C)C)=C1.Cl.[CH3-].[CH3-].[SiH2]=[Zr]. The first-order valence-corrected chi connectivity index (χ1v) is 13.9. The molecule has 0 nitrogen and oxygen atoms in total. The summed E-state index contributed by atoms with van der Waals surface area (Å²) in [7, 11) is 0. The summed E-state index contributed by atoms with van der Waals surface area (Å²) >= 11 is 1.58. The molecule has 0 radical (unpaired) electrons. The van der Waals surface area contributed by atoms with Crippen molar-refractivity contribution in [1.29, 1.82) is 0 Å². The van der Waals surface area contributed by atoms with Crippen LogP contribution in [0.3, 0.4) is 0 Å². The fourth-order valence-electron chi connectivity index (χ4n) is 2.11. The molecule has 0 saturated carbocycles. The second kappa shape index (κ2) is 14.4. The van der Waals surface area contributed by atoms with Crippen molar-refractivity contribution in [2.75, 3.05) is 0 Å². The number of rotatable bonds is 0. The topological polar surface area (TPSA) is 0 Å². The normalized spacial score (nSPS) is 20.3. The molecule has 2 rings (SSSR count). The molecule has 2 aliphatic rings. The maximum atomic E-state index is 3.26. The van der Waals surface area contributed by atoms with Crippen molar-refractivity contribution >= 4 is 19.3 Å². The van der Waals surface area contributed by atoms with Crippen molar-refractivity contribution in [3.8, 4) is 0 Å². The van der Waals surface area contributed by atoms with Crippen LogP contribution in [0.25, 0.3) is 0 Å². The fourth-order valence-corrected chi connectivity index (χ4v) is 2.11. The van der Waals surface area contributed by atoms with E-state index in [-0.39, 0.29) is 27.3 Å². The van der Waals surface area contributed by atoms with Crippen LogP contribution in [0.2, 0.25) is 0 Å². The van der Waals surface area contributed by atoms with Crippen LogP contribution >= 0.6 is 12.4 Å². The van der Waals surface area contributed by atoms with Crippen LogP contribution in [0, 0.1) is 49.7 Å². The Morgan fingerprint density at radius 1 is 0.760 bits per heavy atom. The number of allylic oxidation sites excluding steroid dienone is 8. The first kappa shape index (κ1) is 33.0. The molecule has 3 heteroatoms. The van der Waals surface area contributed by atoms with Crippen LogP contribution in [0.4, 0.5) is 0 Å². The zero-order chi connectivity index (χ0) is 17.6. The molecule has 146 valence electrons. The van der Waals surface area contributed by atoms with Crippen molar-refractivity contribution in [1.82, 2.24) is 0 Å². The maximum absolute atomic E-state index is 3.26. The molecule has 2 aliphatic carbocycles. The van der Waals surface area contributed by atoms with Crippen molar-refractivity contribution in [2.45, 2.75) is 55.4 Å². The van der Waals surface area contributed by atoms with E-state index in [1.54, 1.807) is 23.3 Å². The molecule has 0 aromatic rings. The summed E-state index contributed by atoms with van der Waals surface area (Å²) in [5.41, 5.74) is 3.44. The van der Waals surface area contributed by atoms with Crippen molar-refractivity contribution < 1.29 is 23.3 Å². The Labute approximate surface area is 182 Å². The van der Waals surface area contributed by atoms with Crippen LogP contribution in [0.15, 0.2) is 35.5 Å². The van der Waals surface area contributed by atoms with Crippen LogP contribution in [-0.2, 0) is 23.3 Å². The number of hydrogen-bond acceptors (Lipinski definition) is 0. The van der Waals surface area contributed by atoms with Gasteiger partial charge >= 0.3 is 30.2 Å². The molecule has 2 unspecified atom stereocenters. The Bertz CT molecular complexity index is 429. The van der Waals surface area contributed by atoms with Gasteiger partial charge in [-0.2, -0.15) is 23.3 Å². The molecular formula is C22H39ClSiZr-4. The summed E-state index contributed by atoms with van der Waals surface area (Å²) < 4.78 is 0. The van der Waals surface area contributed by atoms with Crippen LogP contribution < -0.4 is 0 Å². The molecule has 0 aromatic carbocycles. The van der Waals surface area contributed by atoms with E-state index in [1.807, 2.05) is 6.88 Å². The van der Waals surface area contributed by atoms with Gasteiger partial charge in [-0.3, -0.25) is 12.2 Å². The molecule has 0 bridgehead atoms. The third-order valence-corrected chi connectivity index (χ3v) is 3.59. The fraction of sp³-hybridized carbons (Fsp3) is 0.545. The van der Waals surface area contributed by atoms with Gasteiger partial charge < -0.3 is 14.9 Å². The molecule has 0 spiro atoms. The standard InChI is InChI=1S/2C10H15.2CH3.ClH.H2Si.Zr/c2*1-8-5-6-9(7-8)10(2,3)4;;;;;/h2*6-8H,1-4H3;2*1H3;1H;1H2;/q4*-1;;;. The van der Waals surface area contributed by atoms with Gasteiger partial charge in [-0.25, -0.2) is 12.2 Å². The molecule has 0 saturated heterocycles. The van der Waals surface area contributed by atoms with Crippen LogP contribution in [0.1, 0.15) is 55.4 Å². The Morgan fingerprint density at radius 2 is 1.00 bits per heavy atom. The summed E-state index contributed by atoms with van der Waals surface area (Å²) in [4.78, 5) is 0. The quantitative estimate of drug-likeness (QED) is 0.294. The molecule has 0 aromatic heterocycles. The van der Waals surface area contributed by atoms with Gasteiger partial charge in [0.2, 0.25) is 0 Å². The zero-order valence-electron chi connectivity index (χ0n) is 18.1. The number of halogens is 1. The Morgan fingerprint density at radius 3 is 1.08 bits per heavy atom. The van der Waals surface area contributed by atoms with Crippen molar-refractivity contribution in [3.63, 3.8) is 0 Å². The molecule has 0 aliphatic heterocycles. The molecule has 0 heterocycles. The number of hydrogen-bond donors (Lipinski definition) is 0. The van der Waals surface area contributed by atoms with E-state index in [4.69, 9.17) is 0 Å². The third kappa shape index (κ3) is 13.2. The Balaban J connectivity index is -0.000000145. The predicted molar refractivity (Wildman–Crippen MR) is 118 cm³/mol. The summed E-state index contributed by atoms with van der Waals surface area (Å²) in [5.74, 6) is 1.04. The second-order valence-corrected chi connectivity index (χ2v) is 7.94. The molecule has 2 atom stereocenters. The average molecular weight is 458 g/mol. The summed E-state index contributed by atoms with van der Waals surface area (Å²) in [5, 5.41) is 0. The minimum atomic E-state index is 0. The Kier molecular flexibility index (Phi) is 19.0. The van der Waals surface area contributed by atoms with E-state index in [2.05, 4.69) is 91.8 Å². The van der Waals surface area contributed by atoms with Crippen LogP contribution in [-0.4, -0.2) is 6.88 Å². The van der Waals surface area contributed by atoms with Gasteiger partial charge in [0.1, 0.15) is 0 Å². The van der Waals surface area contributed by atoms with Gasteiger partial charge in [-0.15, -0.1) is 12.4 Å². The molecule has 0 fully saturated rings. The molecule has 0 N–H and O–H groups in total. The van der Waals surface area contributed by atoms with E-state index >= 15 is 0 Å². The van der Waals surface area contributed by atoms with Gasteiger partial charge in [0, 0.05) is 0 Å². The van der Waals surface area contributed by atoms with Gasteiger partial charge in [-0.1, -0.05) is 78.1 Å². The van der Waals surface area contributed by atoms with Crippen molar-refractivity contribution in [3.05, 3.63) is 62.5 Å². The average Bonchev–Trinajstić information content (AvgIpc) is 3.00. The summed E-state index contributed by atoms with van der Waals surface area (Å²) in [6, 6.07) is 0. The van der Waals surface area contributed by atoms with E-state index in [9.17, 15) is 0 Å².